The Bertz CT molecular complexity index is 451. The van der Waals surface area contributed by atoms with Gasteiger partial charge in [0.15, 0.2) is 5.78 Å². The number of Topliss-reactive ketones (excluding diaryl/α,β-unsaturated/α-hetero) is 1. The minimum absolute atomic E-state index is 0.112. The quantitative estimate of drug-likeness (QED) is 0.562. The number of ether oxygens (including phenoxy) is 1. The summed E-state index contributed by atoms with van der Waals surface area (Å²) in [6.07, 6.45) is 1.56. The first kappa shape index (κ1) is 15.4. The second-order valence-electron chi connectivity index (χ2n) is 4.58. The topological polar surface area (TPSA) is 71.8 Å². The van der Waals surface area contributed by atoms with E-state index in [1.165, 1.54) is 17.6 Å². The van der Waals surface area contributed by atoms with Crippen LogP contribution >= 0.6 is 0 Å². The summed E-state index contributed by atoms with van der Waals surface area (Å²) >= 11 is 0. The molecular weight excluding hydrogens is 248 g/mol. The number of aromatic nitrogens is 1. The SMILES string of the molecule is CC(=O)c1cc(C(=O)O)n(CCOCCN(C)C)c1. The molecule has 0 atom stereocenters. The minimum atomic E-state index is -1.04. The molecule has 1 aromatic rings. The fraction of sp³-hybridized carbons (Fsp3) is 0.538. The van der Waals surface area contributed by atoms with Gasteiger partial charge in [-0.25, -0.2) is 4.79 Å². The first-order valence-electron chi connectivity index (χ1n) is 6.08. The van der Waals surface area contributed by atoms with Gasteiger partial charge < -0.3 is 19.3 Å². The number of carboxylic acid groups (broad SMARTS) is 1. The minimum Gasteiger partial charge on any atom is -0.477 e. The predicted molar refractivity (Wildman–Crippen MR) is 70.8 cm³/mol. The Morgan fingerprint density at radius 1 is 1.37 bits per heavy atom. The standard InChI is InChI=1S/C13H20N2O4/c1-10(16)11-8-12(13(17)18)15(9-11)5-7-19-6-4-14(2)3/h8-9H,4-7H2,1-3H3,(H,17,18). The average Bonchev–Trinajstić information content (AvgIpc) is 2.72. The average molecular weight is 268 g/mol. The Labute approximate surface area is 112 Å². The zero-order valence-corrected chi connectivity index (χ0v) is 11.5. The Morgan fingerprint density at radius 3 is 2.58 bits per heavy atom. The third kappa shape index (κ3) is 4.84. The van der Waals surface area contributed by atoms with E-state index in [-0.39, 0.29) is 11.5 Å². The molecule has 0 fully saturated rings. The molecule has 0 saturated carbocycles. The first-order valence-corrected chi connectivity index (χ1v) is 6.08. The van der Waals surface area contributed by atoms with Crippen molar-refractivity contribution in [1.29, 1.82) is 0 Å². The van der Waals surface area contributed by atoms with Crippen LogP contribution in [-0.4, -0.2) is 60.2 Å². The van der Waals surface area contributed by atoms with Crippen molar-refractivity contribution in [3.05, 3.63) is 23.5 Å². The van der Waals surface area contributed by atoms with Crippen LogP contribution in [0.25, 0.3) is 0 Å². The molecule has 0 aliphatic heterocycles. The van der Waals surface area contributed by atoms with E-state index in [0.717, 1.165) is 6.54 Å². The lowest BCUT2D eigenvalue weighted by atomic mass is 10.2. The van der Waals surface area contributed by atoms with Gasteiger partial charge in [0.2, 0.25) is 0 Å². The van der Waals surface area contributed by atoms with Gasteiger partial charge in [-0.2, -0.15) is 0 Å². The van der Waals surface area contributed by atoms with Crippen molar-refractivity contribution in [3.8, 4) is 0 Å². The fourth-order valence-corrected chi connectivity index (χ4v) is 1.58. The van der Waals surface area contributed by atoms with E-state index in [2.05, 4.69) is 0 Å². The molecule has 6 nitrogen and oxygen atoms in total. The number of carboxylic acids is 1. The summed E-state index contributed by atoms with van der Waals surface area (Å²) in [5.41, 5.74) is 0.520. The molecule has 0 amide bonds. The highest BCUT2D eigenvalue weighted by Crippen LogP contribution is 2.10. The number of rotatable bonds is 8. The zero-order chi connectivity index (χ0) is 14.4. The van der Waals surface area contributed by atoms with Crippen molar-refractivity contribution >= 4 is 11.8 Å². The van der Waals surface area contributed by atoms with Gasteiger partial charge in [0, 0.05) is 24.8 Å². The van der Waals surface area contributed by atoms with E-state index in [4.69, 9.17) is 9.84 Å². The lowest BCUT2D eigenvalue weighted by molar-refractivity contribution is 0.0679. The number of carbonyl (C=O) groups excluding carboxylic acids is 1. The van der Waals surface area contributed by atoms with Crippen LogP contribution in [-0.2, 0) is 11.3 Å². The Morgan fingerprint density at radius 2 is 2.05 bits per heavy atom. The lowest BCUT2D eigenvalue weighted by Crippen LogP contribution is -2.19. The lowest BCUT2D eigenvalue weighted by Gasteiger charge is -2.10. The molecule has 0 radical (unpaired) electrons. The number of hydrogen-bond donors (Lipinski definition) is 1. The van der Waals surface area contributed by atoms with Gasteiger partial charge >= 0.3 is 5.97 Å². The normalized spacial score (nSPS) is 10.9. The van der Waals surface area contributed by atoms with Crippen molar-refractivity contribution in [3.63, 3.8) is 0 Å². The zero-order valence-electron chi connectivity index (χ0n) is 11.5. The number of likely N-dealkylation sites (N-methyl/N-ethyl adjacent to an activating group) is 1. The third-order valence-electron chi connectivity index (χ3n) is 2.68. The van der Waals surface area contributed by atoms with Crippen LogP contribution in [0.5, 0.6) is 0 Å². The Hall–Kier alpha value is -1.66. The molecular formula is C13H20N2O4. The maximum atomic E-state index is 11.2. The molecule has 6 heteroatoms. The molecule has 0 unspecified atom stereocenters. The largest absolute Gasteiger partial charge is 0.477 e. The molecule has 1 heterocycles. The van der Waals surface area contributed by atoms with Crippen LogP contribution < -0.4 is 0 Å². The molecule has 19 heavy (non-hydrogen) atoms. The maximum absolute atomic E-state index is 11.2. The van der Waals surface area contributed by atoms with Gasteiger partial charge in [0.1, 0.15) is 5.69 Å². The van der Waals surface area contributed by atoms with Crippen molar-refractivity contribution in [2.75, 3.05) is 33.9 Å². The first-order chi connectivity index (χ1) is 8.91. The van der Waals surface area contributed by atoms with Crippen LogP contribution in [0, 0.1) is 0 Å². The summed E-state index contributed by atoms with van der Waals surface area (Å²) in [7, 11) is 3.91. The highest BCUT2D eigenvalue weighted by atomic mass is 16.5. The summed E-state index contributed by atoms with van der Waals surface area (Å²) in [6.45, 7) is 3.66. The second-order valence-corrected chi connectivity index (χ2v) is 4.58. The van der Waals surface area contributed by atoms with Crippen LogP contribution in [0.4, 0.5) is 0 Å². The van der Waals surface area contributed by atoms with Gasteiger partial charge in [-0.15, -0.1) is 0 Å². The van der Waals surface area contributed by atoms with Crippen LogP contribution in [0.3, 0.4) is 0 Å². The van der Waals surface area contributed by atoms with Crippen molar-refractivity contribution < 1.29 is 19.4 Å². The summed E-state index contributed by atoms with van der Waals surface area (Å²) < 4.78 is 6.95. The Kier molecular flexibility index (Phi) is 5.72. The highest BCUT2D eigenvalue weighted by molar-refractivity contribution is 5.97. The van der Waals surface area contributed by atoms with Crippen LogP contribution in [0.1, 0.15) is 27.8 Å². The summed E-state index contributed by atoms with van der Waals surface area (Å²) in [5, 5.41) is 9.06. The molecule has 1 rings (SSSR count). The van der Waals surface area contributed by atoms with Crippen molar-refractivity contribution in [2.45, 2.75) is 13.5 Å². The summed E-state index contributed by atoms with van der Waals surface area (Å²) in [5.74, 6) is -1.18. The molecule has 0 aromatic carbocycles. The number of nitrogens with zero attached hydrogens (tertiary/aromatic N) is 2. The van der Waals surface area contributed by atoms with Gasteiger partial charge in [-0.3, -0.25) is 4.79 Å². The maximum Gasteiger partial charge on any atom is 0.352 e. The van der Waals surface area contributed by atoms with Gasteiger partial charge in [0.05, 0.1) is 13.2 Å². The highest BCUT2D eigenvalue weighted by Gasteiger charge is 2.14. The summed E-state index contributed by atoms with van der Waals surface area (Å²) in [6, 6.07) is 1.39. The fourth-order valence-electron chi connectivity index (χ4n) is 1.58. The van der Waals surface area contributed by atoms with Crippen molar-refractivity contribution in [2.24, 2.45) is 0 Å². The number of carbonyl (C=O) groups is 2. The number of aromatic carboxylic acids is 1. The monoisotopic (exact) mass is 268 g/mol. The molecule has 1 N–H and O–H groups in total. The Balaban J connectivity index is 2.57. The molecule has 106 valence electrons. The molecule has 0 bridgehead atoms. The molecule has 0 aliphatic carbocycles. The van der Waals surface area contributed by atoms with Gasteiger partial charge in [0.25, 0.3) is 0 Å². The van der Waals surface area contributed by atoms with E-state index < -0.39 is 5.97 Å². The van der Waals surface area contributed by atoms with Crippen LogP contribution in [0.15, 0.2) is 12.3 Å². The molecule has 1 aromatic heterocycles. The number of hydrogen-bond acceptors (Lipinski definition) is 4. The molecule has 0 saturated heterocycles. The molecule has 0 spiro atoms. The van der Waals surface area contributed by atoms with E-state index in [1.54, 1.807) is 6.20 Å². The molecule has 0 aliphatic rings. The van der Waals surface area contributed by atoms with E-state index in [0.29, 0.717) is 25.3 Å². The third-order valence-corrected chi connectivity index (χ3v) is 2.68. The van der Waals surface area contributed by atoms with E-state index in [1.807, 2.05) is 19.0 Å². The summed E-state index contributed by atoms with van der Waals surface area (Å²) in [4.78, 5) is 24.3. The van der Waals surface area contributed by atoms with Gasteiger partial charge in [-0.1, -0.05) is 0 Å². The number of ketones is 1. The van der Waals surface area contributed by atoms with Crippen LogP contribution in [0.2, 0.25) is 0 Å². The van der Waals surface area contributed by atoms with E-state index in [9.17, 15) is 9.59 Å². The van der Waals surface area contributed by atoms with Crippen molar-refractivity contribution in [1.82, 2.24) is 9.47 Å². The van der Waals surface area contributed by atoms with E-state index >= 15 is 0 Å². The predicted octanol–water partition coefficient (Wildman–Crippen LogP) is 0.967. The second kappa shape index (κ2) is 7.06. The smallest absolute Gasteiger partial charge is 0.352 e. The van der Waals surface area contributed by atoms with Gasteiger partial charge in [-0.05, 0) is 27.1 Å².